The van der Waals surface area contributed by atoms with Crippen LogP contribution in [-0.4, -0.2) is 11.6 Å². The molecule has 0 atom stereocenters. The zero-order valence-electron chi connectivity index (χ0n) is 11.8. The fourth-order valence-corrected chi connectivity index (χ4v) is 2.42. The standard InChI is InChI=1S/C16H17BrClNO2/c1-2-5-20-15-4-3-13(8-18)16(7-15)21-11-12-6-14(17)10-19-9-12/h3-4,6-7,9-10H,2,5,8,11H2,1H3. The van der Waals surface area contributed by atoms with Crippen molar-refractivity contribution in [1.82, 2.24) is 4.98 Å². The van der Waals surface area contributed by atoms with Crippen molar-refractivity contribution in [3.05, 3.63) is 52.3 Å². The summed E-state index contributed by atoms with van der Waals surface area (Å²) >= 11 is 9.35. The van der Waals surface area contributed by atoms with Gasteiger partial charge in [-0.05, 0) is 34.5 Å². The summed E-state index contributed by atoms with van der Waals surface area (Å²) < 4.78 is 12.4. The minimum atomic E-state index is 0.403. The van der Waals surface area contributed by atoms with Gasteiger partial charge in [0.15, 0.2) is 0 Å². The summed E-state index contributed by atoms with van der Waals surface area (Å²) in [6, 6.07) is 7.72. The topological polar surface area (TPSA) is 31.4 Å². The first-order chi connectivity index (χ1) is 10.2. The van der Waals surface area contributed by atoms with Gasteiger partial charge in [-0.2, -0.15) is 0 Å². The summed E-state index contributed by atoms with van der Waals surface area (Å²) in [4.78, 5) is 4.12. The van der Waals surface area contributed by atoms with Crippen molar-refractivity contribution >= 4 is 27.5 Å². The summed E-state index contributed by atoms with van der Waals surface area (Å²) in [7, 11) is 0. The van der Waals surface area contributed by atoms with Crippen molar-refractivity contribution in [2.45, 2.75) is 25.8 Å². The van der Waals surface area contributed by atoms with Crippen LogP contribution in [0.25, 0.3) is 0 Å². The van der Waals surface area contributed by atoms with Crippen molar-refractivity contribution in [2.24, 2.45) is 0 Å². The smallest absolute Gasteiger partial charge is 0.127 e. The van der Waals surface area contributed by atoms with E-state index in [2.05, 4.69) is 27.8 Å². The van der Waals surface area contributed by atoms with Crippen molar-refractivity contribution in [2.75, 3.05) is 6.61 Å². The number of halogens is 2. The fourth-order valence-electron chi connectivity index (χ4n) is 1.79. The largest absolute Gasteiger partial charge is 0.493 e. The maximum Gasteiger partial charge on any atom is 0.127 e. The molecule has 0 fully saturated rings. The van der Waals surface area contributed by atoms with E-state index in [1.54, 1.807) is 12.4 Å². The molecule has 0 saturated heterocycles. The molecule has 0 bridgehead atoms. The average Bonchev–Trinajstić information content (AvgIpc) is 2.51. The zero-order valence-corrected chi connectivity index (χ0v) is 14.2. The molecule has 2 aromatic rings. The Bertz CT molecular complexity index is 592. The minimum Gasteiger partial charge on any atom is -0.493 e. The summed E-state index contributed by atoms with van der Waals surface area (Å²) in [5.41, 5.74) is 1.94. The van der Waals surface area contributed by atoms with Crippen molar-refractivity contribution in [3.8, 4) is 11.5 Å². The quantitative estimate of drug-likeness (QED) is 0.646. The molecular weight excluding hydrogens is 354 g/mol. The first-order valence-corrected chi connectivity index (χ1v) is 8.09. The van der Waals surface area contributed by atoms with Gasteiger partial charge in [0, 0.05) is 34.1 Å². The van der Waals surface area contributed by atoms with Crippen molar-refractivity contribution < 1.29 is 9.47 Å². The highest BCUT2D eigenvalue weighted by molar-refractivity contribution is 9.10. The Morgan fingerprint density at radius 2 is 2.05 bits per heavy atom. The third-order valence-electron chi connectivity index (χ3n) is 2.81. The molecule has 0 aliphatic heterocycles. The molecule has 0 saturated carbocycles. The molecule has 0 aliphatic carbocycles. The molecule has 5 heteroatoms. The summed E-state index contributed by atoms with van der Waals surface area (Å²) in [6.07, 6.45) is 4.49. The van der Waals surface area contributed by atoms with E-state index in [9.17, 15) is 0 Å². The average molecular weight is 371 g/mol. The van der Waals surface area contributed by atoms with Gasteiger partial charge in [0.25, 0.3) is 0 Å². The van der Waals surface area contributed by atoms with Gasteiger partial charge in [0.2, 0.25) is 0 Å². The van der Waals surface area contributed by atoms with Gasteiger partial charge in [-0.3, -0.25) is 4.98 Å². The van der Waals surface area contributed by atoms with Gasteiger partial charge < -0.3 is 9.47 Å². The predicted molar refractivity (Wildman–Crippen MR) is 88.1 cm³/mol. The Balaban J connectivity index is 2.09. The Morgan fingerprint density at radius 1 is 1.19 bits per heavy atom. The van der Waals surface area contributed by atoms with E-state index < -0.39 is 0 Å². The Hall–Kier alpha value is -1.26. The molecule has 3 nitrogen and oxygen atoms in total. The monoisotopic (exact) mass is 369 g/mol. The number of benzene rings is 1. The van der Waals surface area contributed by atoms with Gasteiger partial charge in [-0.25, -0.2) is 0 Å². The molecule has 2 rings (SSSR count). The zero-order chi connectivity index (χ0) is 15.1. The molecule has 1 aromatic heterocycles. The lowest BCUT2D eigenvalue weighted by molar-refractivity contribution is 0.292. The van der Waals surface area contributed by atoms with Crippen molar-refractivity contribution in [3.63, 3.8) is 0 Å². The molecule has 1 heterocycles. The fraction of sp³-hybridized carbons (Fsp3) is 0.312. The van der Waals surface area contributed by atoms with Crippen LogP contribution >= 0.6 is 27.5 Å². The normalized spacial score (nSPS) is 10.4. The van der Waals surface area contributed by atoms with E-state index in [0.29, 0.717) is 19.1 Å². The molecule has 0 unspecified atom stereocenters. The number of aromatic nitrogens is 1. The molecule has 0 aliphatic rings. The van der Waals surface area contributed by atoms with Crippen LogP contribution in [0.4, 0.5) is 0 Å². The molecule has 0 radical (unpaired) electrons. The van der Waals surface area contributed by atoms with Crippen LogP contribution in [0.5, 0.6) is 11.5 Å². The molecular formula is C16H17BrClNO2. The Morgan fingerprint density at radius 3 is 2.76 bits per heavy atom. The van der Waals surface area contributed by atoms with Crippen LogP contribution < -0.4 is 9.47 Å². The second-order valence-electron chi connectivity index (χ2n) is 4.55. The number of rotatable bonds is 7. The van der Waals surface area contributed by atoms with Gasteiger partial charge in [-0.15, -0.1) is 11.6 Å². The molecule has 0 N–H and O–H groups in total. The van der Waals surface area contributed by atoms with E-state index in [-0.39, 0.29) is 0 Å². The van der Waals surface area contributed by atoms with Crippen LogP contribution in [0.3, 0.4) is 0 Å². The van der Waals surface area contributed by atoms with E-state index in [1.165, 1.54) is 0 Å². The van der Waals surface area contributed by atoms with Gasteiger partial charge in [0.1, 0.15) is 18.1 Å². The SMILES string of the molecule is CCCOc1ccc(CCl)c(OCc2cncc(Br)c2)c1. The Labute approximate surface area is 138 Å². The van der Waals surface area contributed by atoms with Crippen LogP contribution in [0.1, 0.15) is 24.5 Å². The highest BCUT2D eigenvalue weighted by atomic mass is 79.9. The van der Waals surface area contributed by atoms with E-state index >= 15 is 0 Å². The van der Waals surface area contributed by atoms with E-state index in [1.807, 2.05) is 24.3 Å². The first kappa shape index (κ1) is 16.1. The van der Waals surface area contributed by atoms with E-state index in [4.69, 9.17) is 21.1 Å². The van der Waals surface area contributed by atoms with Crippen LogP contribution in [0.15, 0.2) is 41.1 Å². The summed E-state index contributed by atoms with van der Waals surface area (Å²) in [5, 5.41) is 0. The number of ether oxygens (including phenoxy) is 2. The number of hydrogen-bond acceptors (Lipinski definition) is 3. The third kappa shape index (κ3) is 4.90. The van der Waals surface area contributed by atoms with Gasteiger partial charge >= 0.3 is 0 Å². The van der Waals surface area contributed by atoms with Gasteiger partial charge in [0.05, 0.1) is 12.5 Å². The summed E-state index contributed by atoms with van der Waals surface area (Å²) in [5.74, 6) is 1.95. The molecule has 112 valence electrons. The lowest BCUT2D eigenvalue weighted by Crippen LogP contribution is -2.00. The van der Waals surface area contributed by atoms with Crippen molar-refractivity contribution in [1.29, 1.82) is 0 Å². The van der Waals surface area contributed by atoms with Gasteiger partial charge in [-0.1, -0.05) is 13.0 Å². The molecule has 1 aromatic carbocycles. The predicted octanol–water partition coefficient (Wildman–Crippen LogP) is 4.95. The summed E-state index contributed by atoms with van der Waals surface area (Å²) in [6.45, 7) is 3.20. The molecule has 0 spiro atoms. The van der Waals surface area contributed by atoms with E-state index in [0.717, 1.165) is 33.5 Å². The second-order valence-corrected chi connectivity index (χ2v) is 5.73. The number of hydrogen-bond donors (Lipinski definition) is 0. The Kier molecular flexibility index (Phi) is 6.33. The lowest BCUT2D eigenvalue weighted by Gasteiger charge is -2.12. The first-order valence-electron chi connectivity index (χ1n) is 6.77. The van der Waals surface area contributed by atoms with Crippen LogP contribution in [0, 0.1) is 0 Å². The van der Waals surface area contributed by atoms with Crippen LogP contribution in [-0.2, 0) is 12.5 Å². The number of alkyl halides is 1. The highest BCUT2D eigenvalue weighted by Crippen LogP contribution is 2.27. The lowest BCUT2D eigenvalue weighted by atomic mass is 10.2. The molecule has 0 amide bonds. The number of nitrogens with zero attached hydrogens (tertiary/aromatic N) is 1. The second kappa shape index (κ2) is 8.25. The molecule has 21 heavy (non-hydrogen) atoms. The highest BCUT2D eigenvalue weighted by Gasteiger charge is 2.06. The van der Waals surface area contributed by atoms with Crippen LogP contribution in [0.2, 0.25) is 0 Å². The maximum absolute atomic E-state index is 5.96. The third-order valence-corrected chi connectivity index (χ3v) is 3.53. The number of pyridine rings is 1. The maximum atomic E-state index is 5.96. The minimum absolute atomic E-state index is 0.403.